The highest BCUT2D eigenvalue weighted by Gasteiger charge is 2.29. The van der Waals surface area contributed by atoms with Crippen LogP contribution in [0.1, 0.15) is 42.4 Å². The topological polar surface area (TPSA) is 71.5 Å². The normalized spacial score (nSPS) is 14.8. The first-order chi connectivity index (χ1) is 15.3. The first kappa shape index (κ1) is 22.4. The second-order valence-corrected chi connectivity index (χ2v) is 9.20. The number of nitrogens with one attached hydrogen (secondary N) is 1. The van der Waals surface area contributed by atoms with Crippen LogP contribution in [0, 0.1) is 0 Å². The van der Waals surface area contributed by atoms with Gasteiger partial charge in [0.1, 0.15) is 0 Å². The van der Waals surface area contributed by atoms with Crippen LogP contribution in [0.15, 0.2) is 53.0 Å². The van der Waals surface area contributed by atoms with Gasteiger partial charge in [0.15, 0.2) is 6.10 Å². The lowest BCUT2D eigenvalue weighted by molar-refractivity contribution is -0.123. The third-order valence-corrected chi connectivity index (χ3v) is 6.30. The molecule has 0 saturated carbocycles. The minimum Gasteiger partial charge on any atom is -0.449 e. The van der Waals surface area contributed by atoms with Crippen LogP contribution >= 0.6 is 15.9 Å². The summed E-state index contributed by atoms with van der Waals surface area (Å²) in [6.45, 7) is 7.41. The van der Waals surface area contributed by atoms with E-state index < -0.39 is 12.1 Å². The number of benzene rings is 2. The number of hydrogen-bond acceptors (Lipinski definition) is 5. The smallest absolute Gasteiger partial charge is 0.339 e. The third kappa shape index (κ3) is 4.69. The van der Waals surface area contributed by atoms with E-state index in [4.69, 9.17) is 9.72 Å². The van der Waals surface area contributed by atoms with Gasteiger partial charge in [-0.05, 0) is 51.1 Å². The zero-order chi connectivity index (χ0) is 22.8. The van der Waals surface area contributed by atoms with E-state index in [1.807, 2.05) is 36.4 Å². The second-order valence-electron chi connectivity index (χ2n) is 8.29. The summed E-state index contributed by atoms with van der Waals surface area (Å²) in [5, 5.41) is 3.54. The Morgan fingerprint density at radius 3 is 2.53 bits per heavy atom. The molecule has 1 aromatic heterocycles. The summed E-state index contributed by atoms with van der Waals surface area (Å²) in [7, 11) is 0. The molecule has 7 heteroatoms. The first-order valence-electron chi connectivity index (χ1n) is 10.8. The molecule has 2 heterocycles. The molecule has 0 aliphatic carbocycles. The Bertz CT molecular complexity index is 1160. The number of nitrogens with zero attached hydrogens (tertiary/aromatic N) is 2. The fraction of sp³-hybridized carbons (Fsp3) is 0.320. The number of para-hydroxylation sites is 1. The third-order valence-electron chi connectivity index (χ3n) is 5.78. The van der Waals surface area contributed by atoms with Crippen molar-refractivity contribution in [3.05, 3.63) is 69.8 Å². The molecule has 1 atom stereocenters. The molecule has 0 bridgehead atoms. The number of ether oxygens (including phenoxy) is 1. The van der Waals surface area contributed by atoms with E-state index >= 15 is 0 Å². The van der Waals surface area contributed by atoms with Crippen molar-refractivity contribution in [2.45, 2.75) is 45.9 Å². The van der Waals surface area contributed by atoms with Gasteiger partial charge in [-0.1, -0.05) is 34.1 Å². The van der Waals surface area contributed by atoms with E-state index in [2.05, 4.69) is 40.0 Å². The van der Waals surface area contributed by atoms with Crippen LogP contribution in [-0.2, 0) is 22.5 Å². The number of esters is 1. The predicted octanol–water partition coefficient (Wildman–Crippen LogP) is 4.95. The fourth-order valence-electron chi connectivity index (χ4n) is 3.94. The van der Waals surface area contributed by atoms with Gasteiger partial charge in [0.2, 0.25) is 0 Å². The van der Waals surface area contributed by atoms with Crippen molar-refractivity contribution in [3.63, 3.8) is 0 Å². The number of rotatable bonds is 5. The van der Waals surface area contributed by atoms with Gasteiger partial charge in [-0.25, -0.2) is 4.79 Å². The summed E-state index contributed by atoms with van der Waals surface area (Å²) in [6, 6.07) is 15.2. The van der Waals surface area contributed by atoms with Gasteiger partial charge < -0.3 is 10.1 Å². The minimum atomic E-state index is -0.946. The molecule has 0 radical (unpaired) electrons. The molecule has 32 heavy (non-hydrogen) atoms. The van der Waals surface area contributed by atoms with Crippen molar-refractivity contribution in [1.29, 1.82) is 0 Å². The van der Waals surface area contributed by atoms with Crippen LogP contribution in [0.4, 0.5) is 5.69 Å². The van der Waals surface area contributed by atoms with Crippen molar-refractivity contribution in [2.75, 3.05) is 11.9 Å². The Labute approximate surface area is 196 Å². The molecule has 4 rings (SSSR count). The maximum Gasteiger partial charge on any atom is 0.339 e. The van der Waals surface area contributed by atoms with Crippen LogP contribution in [0.5, 0.6) is 0 Å². The van der Waals surface area contributed by atoms with Gasteiger partial charge >= 0.3 is 5.97 Å². The monoisotopic (exact) mass is 495 g/mol. The van der Waals surface area contributed by atoms with Crippen molar-refractivity contribution >= 4 is 44.4 Å². The number of pyridine rings is 1. The Hall–Kier alpha value is -2.77. The van der Waals surface area contributed by atoms with Gasteiger partial charge in [-0.15, -0.1) is 0 Å². The summed E-state index contributed by atoms with van der Waals surface area (Å²) in [5.41, 5.74) is 3.75. The van der Waals surface area contributed by atoms with Gasteiger partial charge in [0.05, 0.1) is 11.1 Å². The zero-order valence-electron chi connectivity index (χ0n) is 18.4. The molecule has 166 valence electrons. The van der Waals surface area contributed by atoms with E-state index in [0.29, 0.717) is 23.8 Å². The second kappa shape index (κ2) is 9.38. The van der Waals surface area contributed by atoms with Gasteiger partial charge in [-0.3, -0.25) is 14.7 Å². The van der Waals surface area contributed by atoms with E-state index in [0.717, 1.165) is 39.6 Å². The van der Waals surface area contributed by atoms with Crippen molar-refractivity contribution in [1.82, 2.24) is 9.88 Å². The van der Waals surface area contributed by atoms with E-state index in [1.54, 1.807) is 19.1 Å². The molecule has 1 amide bonds. The summed E-state index contributed by atoms with van der Waals surface area (Å²) in [5.74, 6) is -0.874. The van der Waals surface area contributed by atoms with Crippen LogP contribution in [0.3, 0.4) is 0 Å². The first-order valence-corrected chi connectivity index (χ1v) is 11.5. The zero-order valence-corrected chi connectivity index (χ0v) is 20.0. The summed E-state index contributed by atoms with van der Waals surface area (Å²) in [4.78, 5) is 33.1. The number of fused-ring (bicyclic) bond motifs is 2. The SMILES string of the molecule is CC(OC(=O)c1c2c(nc3ccccc13)CCN(C(C)C)C2)C(=O)Nc1ccc(Br)cc1. The summed E-state index contributed by atoms with van der Waals surface area (Å²) >= 11 is 3.37. The number of halogens is 1. The molecule has 3 aromatic rings. The average Bonchev–Trinajstić information content (AvgIpc) is 2.78. The van der Waals surface area contributed by atoms with Crippen molar-refractivity contribution < 1.29 is 14.3 Å². The van der Waals surface area contributed by atoms with Crippen LogP contribution in [-0.4, -0.2) is 40.5 Å². The molecule has 0 saturated heterocycles. The molecule has 0 fully saturated rings. The standard InChI is InChI=1S/C25H26BrN3O3/c1-15(2)29-13-12-22-20(14-29)23(19-6-4-5-7-21(19)28-22)25(31)32-16(3)24(30)27-18-10-8-17(26)9-11-18/h4-11,15-16H,12-14H2,1-3H3,(H,27,30). The highest BCUT2D eigenvalue weighted by atomic mass is 79.9. The Kier molecular flexibility index (Phi) is 6.58. The number of carbonyl (C=O) groups excluding carboxylic acids is 2. The van der Waals surface area contributed by atoms with Gasteiger partial charge in [0.25, 0.3) is 5.91 Å². The number of aromatic nitrogens is 1. The molecule has 1 aliphatic heterocycles. The fourth-order valence-corrected chi connectivity index (χ4v) is 4.20. The molecule has 1 aliphatic rings. The van der Waals surface area contributed by atoms with Crippen LogP contribution < -0.4 is 5.32 Å². The highest BCUT2D eigenvalue weighted by molar-refractivity contribution is 9.10. The van der Waals surface area contributed by atoms with Gasteiger partial charge in [0, 0.05) is 52.4 Å². The average molecular weight is 496 g/mol. The summed E-state index contributed by atoms with van der Waals surface area (Å²) < 4.78 is 6.57. The lowest BCUT2D eigenvalue weighted by Gasteiger charge is -2.32. The molecule has 0 spiro atoms. The Morgan fingerprint density at radius 2 is 1.81 bits per heavy atom. The van der Waals surface area contributed by atoms with Crippen LogP contribution in [0.25, 0.3) is 10.9 Å². The number of carbonyl (C=O) groups is 2. The maximum atomic E-state index is 13.4. The molecular weight excluding hydrogens is 470 g/mol. The minimum absolute atomic E-state index is 0.356. The summed E-state index contributed by atoms with van der Waals surface area (Å²) in [6.07, 6.45) is -0.170. The van der Waals surface area contributed by atoms with Crippen molar-refractivity contribution in [2.24, 2.45) is 0 Å². The molecule has 2 aromatic carbocycles. The lowest BCUT2D eigenvalue weighted by Crippen LogP contribution is -2.37. The number of anilines is 1. The largest absolute Gasteiger partial charge is 0.449 e. The van der Waals surface area contributed by atoms with Gasteiger partial charge in [-0.2, -0.15) is 0 Å². The van der Waals surface area contributed by atoms with Crippen molar-refractivity contribution in [3.8, 4) is 0 Å². The number of amides is 1. The lowest BCUT2D eigenvalue weighted by atomic mass is 9.95. The molecule has 1 N–H and O–H groups in total. The Balaban J connectivity index is 1.62. The number of hydrogen-bond donors (Lipinski definition) is 1. The quantitative estimate of drug-likeness (QED) is 0.507. The molecule has 6 nitrogen and oxygen atoms in total. The molecule has 1 unspecified atom stereocenters. The Morgan fingerprint density at radius 1 is 1.09 bits per heavy atom. The van der Waals surface area contributed by atoms with E-state index in [-0.39, 0.29) is 5.91 Å². The van der Waals surface area contributed by atoms with E-state index in [9.17, 15) is 9.59 Å². The highest BCUT2D eigenvalue weighted by Crippen LogP contribution is 2.30. The van der Waals surface area contributed by atoms with Crippen LogP contribution in [0.2, 0.25) is 0 Å². The molecular formula is C25H26BrN3O3. The maximum absolute atomic E-state index is 13.4. The predicted molar refractivity (Wildman–Crippen MR) is 129 cm³/mol. The van der Waals surface area contributed by atoms with E-state index in [1.165, 1.54) is 0 Å².